The summed E-state index contributed by atoms with van der Waals surface area (Å²) in [4.78, 5) is 40.8. The summed E-state index contributed by atoms with van der Waals surface area (Å²) in [5, 5.41) is 0.687. The maximum Gasteiger partial charge on any atom is 0.223 e. The van der Waals surface area contributed by atoms with E-state index in [0.29, 0.717) is 49.6 Å². The summed E-state index contributed by atoms with van der Waals surface area (Å²) in [5.41, 5.74) is 2.83. The summed E-state index contributed by atoms with van der Waals surface area (Å²) < 4.78 is 0. The van der Waals surface area contributed by atoms with Gasteiger partial charge in [0.2, 0.25) is 11.8 Å². The lowest BCUT2D eigenvalue weighted by atomic mass is 10.0. The van der Waals surface area contributed by atoms with E-state index in [1.807, 2.05) is 48.2 Å². The Morgan fingerprint density at radius 3 is 1.87 bits per heavy atom. The Hall–Kier alpha value is -2.66. The molecule has 0 N–H and O–H groups in total. The van der Waals surface area contributed by atoms with Crippen LogP contribution in [0, 0.1) is 6.92 Å². The van der Waals surface area contributed by atoms with Crippen LogP contribution in [0.15, 0.2) is 48.5 Å². The number of ketones is 1. The molecule has 6 heteroatoms. The van der Waals surface area contributed by atoms with Crippen molar-refractivity contribution in [3.8, 4) is 0 Å². The van der Waals surface area contributed by atoms with Crippen molar-refractivity contribution in [2.45, 2.75) is 32.6 Å². The molecule has 2 aromatic rings. The lowest BCUT2D eigenvalue weighted by molar-refractivity contribution is -0.139. The summed E-state index contributed by atoms with van der Waals surface area (Å²) in [6.07, 6.45) is 1.54. The van der Waals surface area contributed by atoms with Gasteiger partial charge in [0.25, 0.3) is 0 Å². The second-order valence-electron chi connectivity index (χ2n) is 7.68. The molecule has 0 bridgehead atoms. The molecule has 2 aromatic carbocycles. The fourth-order valence-electron chi connectivity index (χ4n) is 3.53. The molecule has 158 valence electrons. The van der Waals surface area contributed by atoms with Gasteiger partial charge in [-0.15, -0.1) is 0 Å². The van der Waals surface area contributed by atoms with Crippen molar-refractivity contribution in [1.29, 1.82) is 0 Å². The van der Waals surface area contributed by atoms with Crippen LogP contribution in [0.1, 0.15) is 40.7 Å². The molecule has 0 saturated carbocycles. The summed E-state index contributed by atoms with van der Waals surface area (Å²) in [7, 11) is 0. The normalized spacial score (nSPS) is 13.9. The van der Waals surface area contributed by atoms with Gasteiger partial charge in [0, 0.05) is 56.0 Å². The molecule has 30 heavy (non-hydrogen) atoms. The Balaban J connectivity index is 1.39. The largest absolute Gasteiger partial charge is 0.339 e. The Bertz CT molecular complexity index is 886. The lowest BCUT2D eigenvalue weighted by Gasteiger charge is -2.35. The highest BCUT2D eigenvalue weighted by molar-refractivity contribution is 6.30. The van der Waals surface area contributed by atoms with Gasteiger partial charge in [0.1, 0.15) is 0 Å². The molecular weight excluding hydrogens is 400 g/mol. The van der Waals surface area contributed by atoms with Crippen molar-refractivity contribution in [3.05, 3.63) is 70.2 Å². The second-order valence-corrected chi connectivity index (χ2v) is 8.11. The predicted octanol–water partition coefficient (Wildman–Crippen LogP) is 3.91. The van der Waals surface area contributed by atoms with Gasteiger partial charge in [-0.1, -0.05) is 53.6 Å². The number of carbonyl (C=O) groups is 3. The van der Waals surface area contributed by atoms with Gasteiger partial charge >= 0.3 is 0 Å². The molecule has 0 unspecified atom stereocenters. The Labute approximate surface area is 182 Å². The highest BCUT2D eigenvalue weighted by atomic mass is 35.5. The van der Waals surface area contributed by atoms with Crippen molar-refractivity contribution in [1.82, 2.24) is 9.80 Å². The number of piperazine rings is 1. The van der Waals surface area contributed by atoms with E-state index in [1.165, 1.54) is 0 Å². The van der Waals surface area contributed by atoms with E-state index >= 15 is 0 Å². The zero-order valence-electron chi connectivity index (χ0n) is 17.3. The zero-order valence-corrected chi connectivity index (χ0v) is 18.0. The molecule has 2 amide bonds. The van der Waals surface area contributed by atoms with E-state index in [9.17, 15) is 14.4 Å². The van der Waals surface area contributed by atoms with E-state index in [-0.39, 0.29) is 30.4 Å². The molecule has 0 spiro atoms. The number of benzene rings is 2. The molecule has 1 aliphatic heterocycles. The monoisotopic (exact) mass is 426 g/mol. The Morgan fingerprint density at radius 2 is 1.30 bits per heavy atom. The summed E-state index contributed by atoms with van der Waals surface area (Å²) >= 11 is 5.89. The highest BCUT2D eigenvalue weighted by Gasteiger charge is 2.24. The van der Waals surface area contributed by atoms with Crippen LogP contribution >= 0.6 is 11.6 Å². The first-order valence-corrected chi connectivity index (χ1v) is 10.7. The van der Waals surface area contributed by atoms with Crippen molar-refractivity contribution < 1.29 is 14.4 Å². The molecule has 0 aliphatic carbocycles. The first-order valence-electron chi connectivity index (χ1n) is 10.3. The van der Waals surface area contributed by atoms with E-state index < -0.39 is 0 Å². The van der Waals surface area contributed by atoms with Crippen LogP contribution in [-0.4, -0.2) is 53.6 Å². The smallest absolute Gasteiger partial charge is 0.223 e. The van der Waals surface area contributed by atoms with Crippen molar-refractivity contribution >= 4 is 29.2 Å². The highest BCUT2D eigenvalue weighted by Crippen LogP contribution is 2.13. The van der Waals surface area contributed by atoms with Gasteiger partial charge < -0.3 is 9.80 Å². The second kappa shape index (κ2) is 10.4. The molecule has 0 atom stereocenters. The average Bonchev–Trinajstić information content (AvgIpc) is 2.77. The van der Waals surface area contributed by atoms with Crippen LogP contribution in [0.4, 0.5) is 0 Å². The standard InChI is InChI=1S/C24H27ClN2O3/c1-18-2-7-20(8-3-18)22(28)11-13-24(30)27-16-14-26(15-17-27)23(29)12-6-19-4-9-21(25)10-5-19/h2-5,7-10H,6,11-17H2,1H3. The van der Waals surface area contributed by atoms with Crippen molar-refractivity contribution in [2.75, 3.05) is 26.2 Å². The van der Waals surface area contributed by atoms with Gasteiger partial charge in [-0.2, -0.15) is 0 Å². The van der Waals surface area contributed by atoms with E-state index in [1.54, 1.807) is 17.0 Å². The lowest BCUT2D eigenvalue weighted by Crippen LogP contribution is -2.50. The maximum absolute atomic E-state index is 12.5. The van der Waals surface area contributed by atoms with Gasteiger partial charge in [0.05, 0.1) is 0 Å². The van der Waals surface area contributed by atoms with Gasteiger partial charge in [0.15, 0.2) is 5.78 Å². The molecule has 0 radical (unpaired) electrons. The molecular formula is C24H27ClN2O3. The third-order valence-corrected chi connectivity index (χ3v) is 5.72. The van der Waals surface area contributed by atoms with Crippen LogP contribution in [0.5, 0.6) is 0 Å². The van der Waals surface area contributed by atoms with Gasteiger partial charge in [-0.25, -0.2) is 0 Å². The fourth-order valence-corrected chi connectivity index (χ4v) is 3.65. The number of amides is 2. The number of carbonyl (C=O) groups excluding carboxylic acids is 3. The Morgan fingerprint density at radius 1 is 0.767 bits per heavy atom. The van der Waals surface area contributed by atoms with Crippen molar-refractivity contribution in [2.24, 2.45) is 0 Å². The van der Waals surface area contributed by atoms with Crippen molar-refractivity contribution in [3.63, 3.8) is 0 Å². The summed E-state index contributed by atoms with van der Waals surface area (Å²) in [5.74, 6) is 0.0645. The minimum atomic E-state index is -0.0243. The number of nitrogens with zero attached hydrogens (tertiary/aromatic N) is 2. The number of aryl methyl sites for hydroxylation is 2. The van der Waals surface area contributed by atoms with E-state index in [4.69, 9.17) is 11.6 Å². The topological polar surface area (TPSA) is 57.7 Å². The van der Waals surface area contributed by atoms with Crippen LogP contribution in [0.2, 0.25) is 5.02 Å². The van der Waals surface area contributed by atoms with Gasteiger partial charge in [-0.05, 0) is 31.0 Å². The number of halogens is 1. The minimum absolute atomic E-state index is 0.0145. The average molecular weight is 427 g/mol. The molecule has 1 heterocycles. The predicted molar refractivity (Wildman–Crippen MR) is 118 cm³/mol. The summed E-state index contributed by atoms with van der Waals surface area (Å²) in [6.45, 7) is 4.09. The SMILES string of the molecule is Cc1ccc(C(=O)CCC(=O)N2CCN(C(=O)CCc3ccc(Cl)cc3)CC2)cc1. The molecule has 1 aliphatic rings. The number of Topliss-reactive ketones (excluding diaryl/α,β-unsaturated/α-hetero) is 1. The van der Waals surface area contributed by atoms with Gasteiger partial charge in [-0.3, -0.25) is 14.4 Å². The summed E-state index contributed by atoms with van der Waals surface area (Å²) in [6, 6.07) is 14.9. The number of rotatable bonds is 7. The van der Waals surface area contributed by atoms with Crippen LogP contribution in [0.25, 0.3) is 0 Å². The van der Waals surface area contributed by atoms with Crippen LogP contribution in [0.3, 0.4) is 0 Å². The van der Waals surface area contributed by atoms with E-state index in [2.05, 4.69) is 0 Å². The fraction of sp³-hybridized carbons (Fsp3) is 0.375. The molecule has 1 fully saturated rings. The third-order valence-electron chi connectivity index (χ3n) is 5.47. The van der Waals surface area contributed by atoms with E-state index in [0.717, 1.165) is 11.1 Å². The molecule has 1 saturated heterocycles. The molecule has 5 nitrogen and oxygen atoms in total. The Kier molecular flexibility index (Phi) is 7.63. The van der Waals surface area contributed by atoms with Crippen LogP contribution in [-0.2, 0) is 16.0 Å². The zero-order chi connectivity index (χ0) is 21.5. The molecule has 0 aromatic heterocycles. The number of hydrogen-bond acceptors (Lipinski definition) is 3. The quantitative estimate of drug-likeness (QED) is 0.630. The number of hydrogen-bond donors (Lipinski definition) is 0. The first kappa shape index (κ1) is 22.0. The maximum atomic E-state index is 12.5. The third kappa shape index (κ3) is 6.17. The first-order chi connectivity index (χ1) is 14.4. The molecule has 3 rings (SSSR count). The minimum Gasteiger partial charge on any atom is -0.339 e. The van der Waals surface area contributed by atoms with Crippen LogP contribution < -0.4 is 0 Å².